The van der Waals surface area contributed by atoms with Crippen molar-refractivity contribution in [2.75, 3.05) is 13.6 Å². The molecule has 0 aliphatic carbocycles. The Hall–Kier alpha value is -0.0800. The molecular weight excluding hydrogens is 90.1 g/mol. The summed E-state index contributed by atoms with van der Waals surface area (Å²) in [5.74, 6) is 0. The Kier molecular flexibility index (Phi) is 0.995. The summed E-state index contributed by atoms with van der Waals surface area (Å²) < 4.78 is 7.17. The van der Waals surface area contributed by atoms with Gasteiger partial charge in [0.15, 0.2) is 0 Å². The van der Waals surface area contributed by atoms with Crippen LogP contribution in [0.2, 0.25) is 0 Å². The van der Waals surface area contributed by atoms with Crippen LogP contribution in [0.4, 0.5) is 0 Å². The largest absolute Gasteiger partial charge is 0.378 e. The second-order valence-corrected chi connectivity index (χ2v) is 1.94. The molecular formula is C5H11NO. The lowest BCUT2D eigenvalue weighted by Crippen LogP contribution is -2.23. The van der Waals surface area contributed by atoms with Gasteiger partial charge in [-0.2, -0.15) is 0 Å². The van der Waals surface area contributed by atoms with Gasteiger partial charge in [-0.25, -0.2) is 0 Å². The first-order valence-corrected chi connectivity index (χ1v) is 2.56. The molecule has 0 amide bonds. The van der Waals surface area contributed by atoms with E-state index in [-0.39, 0.29) is 0 Å². The van der Waals surface area contributed by atoms with Crippen LogP contribution in [-0.4, -0.2) is 29.8 Å². The van der Waals surface area contributed by atoms with Crippen molar-refractivity contribution in [1.82, 2.24) is 4.90 Å². The molecule has 1 aliphatic heterocycles. The summed E-state index contributed by atoms with van der Waals surface area (Å²) in [5.41, 5.74) is 0. The Morgan fingerprint density at radius 2 is 2.71 bits per heavy atom. The van der Waals surface area contributed by atoms with Crippen molar-refractivity contribution in [3.8, 4) is 0 Å². The summed E-state index contributed by atoms with van der Waals surface area (Å²) in [6, 6.07) is 0. The predicted molar refractivity (Wildman–Crippen MR) is 27.9 cm³/mol. The van der Waals surface area contributed by atoms with Crippen LogP contribution in [-0.2, 0) is 0 Å². The molecule has 1 saturated heterocycles. The van der Waals surface area contributed by atoms with Gasteiger partial charge in [0.25, 0.3) is 0 Å². The molecule has 1 unspecified atom stereocenters. The van der Waals surface area contributed by atoms with Crippen LogP contribution < -0.4 is 0 Å². The van der Waals surface area contributed by atoms with E-state index in [1.54, 1.807) is 11.9 Å². The number of nitrogens with zero attached hydrogens (tertiary/aromatic N) is 1. The molecule has 0 aromatic heterocycles. The molecule has 0 aromatic carbocycles. The van der Waals surface area contributed by atoms with E-state index < -0.39 is 6.20 Å². The van der Waals surface area contributed by atoms with Gasteiger partial charge in [0, 0.05) is 6.54 Å². The van der Waals surface area contributed by atoms with Crippen LogP contribution in [0.25, 0.3) is 0 Å². The van der Waals surface area contributed by atoms with Crippen molar-refractivity contribution in [3.63, 3.8) is 0 Å². The van der Waals surface area contributed by atoms with Crippen LogP contribution in [0.15, 0.2) is 0 Å². The highest BCUT2D eigenvalue weighted by Crippen LogP contribution is 2.10. The van der Waals surface area contributed by atoms with Gasteiger partial charge in [0.1, 0.15) is 6.20 Å². The lowest BCUT2D eigenvalue weighted by molar-refractivity contribution is 0.0574. The molecule has 2 heteroatoms. The molecule has 1 fully saturated rings. The maximum atomic E-state index is 9.06. The van der Waals surface area contributed by atoms with Crippen molar-refractivity contribution in [2.45, 2.75) is 19.0 Å². The maximum Gasteiger partial charge on any atom is 0.107 e. The zero-order valence-corrected chi connectivity index (χ0v) is 4.52. The molecule has 0 radical (unpaired) electrons. The van der Waals surface area contributed by atoms with Crippen molar-refractivity contribution in [1.29, 1.82) is 0 Å². The van der Waals surface area contributed by atoms with Gasteiger partial charge in [-0.15, -0.1) is 0 Å². The topological polar surface area (TPSA) is 23.5 Å². The summed E-state index contributed by atoms with van der Waals surface area (Å²) in [7, 11) is 1.76. The van der Waals surface area contributed by atoms with Gasteiger partial charge >= 0.3 is 0 Å². The molecule has 42 valence electrons. The Bertz CT molecular complexity index is 94.4. The number of hydrogen-bond donors (Lipinski definition) is 1. The first-order valence-electron chi connectivity index (χ1n) is 3.06. The molecule has 0 saturated carbocycles. The normalized spacial score (nSPS) is 46.9. The standard InChI is InChI=1S/C5H11NO/c1-6-4-2-3-5(6)7/h5,7H,2-4H2,1H3/i5D. The van der Waals surface area contributed by atoms with Crippen LogP contribution in [0, 0.1) is 0 Å². The molecule has 7 heavy (non-hydrogen) atoms. The average molecular weight is 102 g/mol. The SMILES string of the molecule is [2H]C1(O)CCCN1C. The number of rotatable bonds is 0. The summed E-state index contributed by atoms with van der Waals surface area (Å²) in [5, 5.41) is 9.06. The molecule has 2 nitrogen and oxygen atoms in total. The minimum absolute atomic E-state index is 0.587. The quantitative estimate of drug-likeness (QED) is 0.466. The number of hydrogen-bond acceptors (Lipinski definition) is 2. The summed E-state index contributed by atoms with van der Waals surface area (Å²) in [6.07, 6.45) is 0.264. The fourth-order valence-corrected chi connectivity index (χ4v) is 0.794. The van der Waals surface area contributed by atoms with E-state index in [1.807, 2.05) is 0 Å². The van der Waals surface area contributed by atoms with E-state index in [1.165, 1.54) is 0 Å². The van der Waals surface area contributed by atoms with E-state index in [4.69, 9.17) is 6.48 Å². The zero-order valence-electron chi connectivity index (χ0n) is 5.52. The minimum Gasteiger partial charge on any atom is -0.378 e. The fourth-order valence-electron chi connectivity index (χ4n) is 0.794. The molecule has 1 rings (SSSR count). The Morgan fingerprint density at radius 1 is 2.00 bits per heavy atom. The monoisotopic (exact) mass is 102 g/mol. The molecule has 1 aliphatic rings. The van der Waals surface area contributed by atoms with Crippen LogP contribution in [0.1, 0.15) is 14.2 Å². The number of aliphatic hydroxyl groups is 1. The lowest BCUT2D eigenvalue weighted by atomic mass is 10.4. The summed E-state index contributed by atoms with van der Waals surface area (Å²) in [4.78, 5) is 1.65. The maximum absolute atomic E-state index is 9.06. The van der Waals surface area contributed by atoms with Gasteiger partial charge in [-0.05, 0) is 19.9 Å². The van der Waals surface area contributed by atoms with Crippen LogP contribution >= 0.6 is 0 Å². The Labute approximate surface area is 45.2 Å². The van der Waals surface area contributed by atoms with Crippen LogP contribution in [0.3, 0.4) is 0 Å². The van der Waals surface area contributed by atoms with E-state index >= 15 is 0 Å². The minimum atomic E-state index is -1.26. The Morgan fingerprint density at radius 3 is 2.86 bits per heavy atom. The predicted octanol–water partition coefficient (Wildman–Crippen LogP) is 0.0304. The van der Waals surface area contributed by atoms with E-state index in [9.17, 15) is 0 Å². The summed E-state index contributed by atoms with van der Waals surface area (Å²) in [6.45, 7) is 0.847. The average Bonchev–Trinajstić information content (AvgIpc) is 1.86. The molecule has 0 spiro atoms. The molecule has 1 atom stereocenters. The Balaban J connectivity index is 2.54. The summed E-state index contributed by atoms with van der Waals surface area (Å²) >= 11 is 0. The van der Waals surface area contributed by atoms with Gasteiger partial charge in [0.05, 0.1) is 1.37 Å². The highest BCUT2D eigenvalue weighted by atomic mass is 16.3. The van der Waals surface area contributed by atoms with E-state index in [2.05, 4.69) is 0 Å². The second-order valence-electron chi connectivity index (χ2n) is 1.94. The van der Waals surface area contributed by atoms with Crippen molar-refractivity contribution in [2.24, 2.45) is 0 Å². The first kappa shape index (κ1) is 3.87. The first-order chi connectivity index (χ1) is 3.63. The van der Waals surface area contributed by atoms with Crippen molar-refractivity contribution in [3.05, 3.63) is 0 Å². The van der Waals surface area contributed by atoms with Crippen LogP contribution in [0.5, 0.6) is 0 Å². The molecule has 1 N–H and O–H groups in total. The van der Waals surface area contributed by atoms with E-state index in [0.717, 1.165) is 13.0 Å². The lowest BCUT2D eigenvalue weighted by Gasteiger charge is -2.10. The van der Waals surface area contributed by atoms with Gasteiger partial charge in [-0.1, -0.05) is 0 Å². The molecule has 1 heterocycles. The third-order valence-corrected chi connectivity index (χ3v) is 1.33. The van der Waals surface area contributed by atoms with E-state index in [0.29, 0.717) is 6.42 Å². The number of likely N-dealkylation sites (tertiary alicyclic amines) is 1. The van der Waals surface area contributed by atoms with Crippen molar-refractivity contribution >= 4 is 0 Å². The third-order valence-electron chi connectivity index (χ3n) is 1.33. The molecule has 0 bridgehead atoms. The van der Waals surface area contributed by atoms with Gasteiger partial charge in [-0.3, -0.25) is 4.90 Å². The molecule has 0 aromatic rings. The zero-order chi connectivity index (χ0) is 6.20. The second kappa shape index (κ2) is 1.80. The van der Waals surface area contributed by atoms with Gasteiger partial charge in [0.2, 0.25) is 0 Å². The van der Waals surface area contributed by atoms with Gasteiger partial charge < -0.3 is 5.11 Å². The smallest absolute Gasteiger partial charge is 0.107 e. The van der Waals surface area contributed by atoms with Crippen molar-refractivity contribution < 1.29 is 6.48 Å². The highest BCUT2D eigenvalue weighted by molar-refractivity contribution is 4.64. The fraction of sp³-hybridized carbons (Fsp3) is 1.00. The highest BCUT2D eigenvalue weighted by Gasteiger charge is 2.16. The third kappa shape index (κ3) is 0.924.